The number of likely N-dealkylation sites (tertiary alicyclic amines) is 1. The summed E-state index contributed by atoms with van der Waals surface area (Å²) >= 11 is 0. The molecule has 0 aromatic rings. The van der Waals surface area contributed by atoms with Crippen molar-refractivity contribution in [3.05, 3.63) is 0 Å². The van der Waals surface area contributed by atoms with Gasteiger partial charge in [0.25, 0.3) is 5.92 Å². The molecule has 1 aliphatic heterocycles. The van der Waals surface area contributed by atoms with Crippen LogP contribution in [0.15, 0.2) is 0 Å². The van der Waals surface area contributed by atoms with Crippen LogP contribution >= 0.6 is 0 Å². The number of hydrogen-bond acceptors (Lipinski definition) is 4. The maximum atomic E-state index is 13.5. The van der Waals surface area contributed by atoms with Crippen LogP contribution in [-0.2, 0) is 14.2 Å². The van der Waals surface area contributed by atoms with Gasteiger partial charge in [0.05, 0.1) is 12.2 Å². The molecule has 6 heteroatoms. The fraction of sp³-hybridized carbons (Fsp3) is 1.00. The molecule has 0 radical (unpaired) electrons. The lowest BCUT2D eigenvalue weighted by atomic mass is 9.84. The van der Waals surface area contributed by atoms with Crippen molar-refractivity contribution in [2.75, 3.05) is 46.1 Å². The molecule has 0 atom stereocenters. The van der Waals surface area contributed by atoms with Gasteiger partial charge in [0.1, 0.15) is 13.2 Å². The van der Waals surface area contributed by atoms with Gasteiger partial charge in [-0.1, -0.05) is 13.8 Å². The quantitative estimate of drug-likeness (QED) is 0.547. The molecule has 0 bridgehead atoms. The summed E-state index contributed by atoms with van der Waals surface area (Å²) in [6.45, 7) is 7.02. The smallest absolute Gasteiger partial charge is 0.293 e. The van der Waals surface area contributed by atoms with Crippen molar-refractivity contribution in [1.29, 1.82) is 0 Å². The summed E-state index contributed by atoms with van der Waals surface area (Å²) in [5.41, 5.74) is 0. The Labute approximate surface area is 132 Å². The minimum atomic E-state index is -2.89. The number of nitrogens with zero attached hydrogens (tertiary/aromatic N) is 1. The highest BCUT2D eigenvalue weighted by molar-refractivity contribution is 4.79. The van der Waals surface area contributed by atoms with Crippen LogP contribution < -0.4 is 0 Å². The predicted molar refractivity (Wildman–Crippen MR) is 80.4 cm³/mol. The molecule has 0 unspecified atom stereocenters. The number of likely N-dealkylation sites (N-methyl/N-ethyl adjacent to an activating group) is 1. The van der Waals surface area contributed by atoms with Gasteiger partial charge in [-0.05, 0) is 31.7 Å². The van der Waals surface area contributed by atoms with E-state index in [1.165, 1.54) is 0 Å². The van der Waals surface area contributed by atoms with E-state index in [1.807, 2.05) is 0 Å². The van der Waals surface area contributed by atoms with E-state index in [2.05, 4.69) is 18.7 Å². The average molecular weight is 321 g/mol. The van der Waals surface area contributed by atoms with E-state index in [0.29, 0.717) is 31.7 Å². The third kappa shape index (κ3) is 6.07. The second-order valence-corrected chi connectivity index (χ2v) is 6.62. The van der Waals surface area contributed by atoms with E-state index in [9.17, 15) is 8.78 Å². The minimum Gasteiger partial charge on any atom is -0.375 e. The van der Waals surface area contributed by atoms with E-state index in [0.717, 1.165) is 32.5 Å². The lowest BCUT2D eigenvalue weighted by Crippen LogP contribution is -2.51. The molecule has 2 fully saturated rings. The highest BCUT2D eigenvalue weighted by Gasteiger charge is 2.34. The minimum absolute atomic E-state index is 0.0134. The zero-order valence-corrected chi connectivity index (χ0v) is 13.7. The second-order valence-electron chi connectivity index (χ2n) is 6.62. The van der Waals surface area contributed by atoms with Crippen LogP contribution in [0.5, 0.6) is 0 Å². The molecule has 0 spiro atoms. The van der Waals surface area contributed by atoms with Crippen molar-refractivity contribution in [2.24, 2.45) is 5.92 Å². The third-order valence-corrected chi connectivity index (χ3v) is 4.33. The van der Waals surface area contributed by atoms with Crippen LogP contribution in [0.4, 0.5) is 8.78 Å². The Balaban J connectivity index is 1.40. The molecule has 0 aromatic heterocycles. The summed E-state index contributed by atoms with van der Waals surface area (Å²) < 4.78 is 43.0. The molecule has 22 heavy (non-hydrogen) atoms. The fourth-order valence-electron chi connectivity index (χ4n) is 2.76. The molecule has 0 aromatic carbocycles. The fourth-order valence-corrected chi connectivity index (χ4v) is 2.76. The van der Waals surface area contributed by atoms with Crippen LogP contribution in [0.25, 0.3) is 0 Å². The summed E-state index contributed by atoms with van der Waals surface area (Å²) in [5.74, 6) is -2.29. The highest BCUT2D eigenvalue weighted by atomic mass is 19.3. The molecule has 0 amide bonds. The first-order valence-electron chi connectivity index (χ1n) is 8.39. The van der Waals surface area contributed by atoms with Crippen LogP contribution in [0.3, 0.4) is 0 Å². The first kappa shape index (κ1) is 18.0. The number of rotatable bonds is 11. The molecular formula is C16H29F2NO3. The maximum Gasteiger partial charge on any atom is 0.293 e. The summed E-state index contributed by atoms with van der Waals surface area (Å²) in [6, 6.07) is 0. The normalized spacial score (nSPS) is 26.7. The topological polar surface area (TPSA) is 30.9 Å². The first-order valence-corrected chi connectivity index (χ1v) is 8.39. The molecule has 4 nitrogen and oxygen atoms in total. The molecule has 1 heterocycles. The van der Waals surface area contributed by atoms with Gasteiger partial charge >= 0.3 is 0 Å². The van der Waals surface area contributed by atoms with E-state index >= 15 is 0 Å². The second kappa shape index (κ2) is 8.52. The van der Waals surface area contributed by atoms with Gasteiger partial charge in [0.2, 0.25) is 0 Å². The lowest BCUT2D eigenvalue weighted by molar-refractivity contribution is -0.154. The Morgan fingerprint density at radius 2 is 1.77 bits per heavy atom. The molecule has 1 saturated heterocycles. The first-order chi connectivity index (χ1) is 10.5. The summed E-state index contributed by atoms with van der Waals surface area (Å²) in [4.78, 5) is 2.30. The Morgan fingerprint density at radius 3 is 2.41 bits per heavy atom. The SMILES string of the molecule is CCN1CC(OCCCOCC(F)(F)COC2CC(C)C2)C1. The predicted octanol–water partition coefficient (Wildman–Crippen LogP) is 2.56. The molecular weight excluding hydrogens is 292 g/mol. The maximum absolute atomic E-state index is 13.5. The molecule has 1 saturated carbocycles. The summed E-state index contributed by atoms with van der Waals surface area (Å²) in [6.07, 6.45) is 2.76. The molecule has 1 aliphatic carbocycles. The van der Waals surface area contributed by atoms with E-state index in [-0.39, 0.29) is 6.10 Å². The Morgan fingerprint density at radius 1 is 1.05 bits per heavy atom. The van der Waals surface area contributed by atoms with E-state index in [1.54, 1.807) is 0 Å². The van der Waals surface area contributed by atoms with Crippen LogP contribution in [0.1, 0.15) is 33.1 Å². The number of halogens is 2. The average Bonchev–Trinajstić information content (AvgIpc) is 2.39. The zero-order chi connectivity index (χ0) is 16.0. The molecule has 2 aliphatic rings. The van der Waals surface area contributed by atoms with Crippen LogP contribution in [0, 0.1) is 5.92 Å². The van der Waals surface area contributed by atoms with Crippen LogP contribution in [0.2, 0.25) is 0 Å². The van der Waals surface area contributed by atoms with Crippen molar-refractivity contribution >= 4 is 0 Å². The lowest BCUT2D eigenvalue weighted by Gasteiger charge is -2.38. The largest absolute Gasteiger partial charge is 0.375 e. The Bertz CT molecular complexity index is 319. The molecule has 130 valence electrons. The zero-order valence-electron chi connectivity index (χ0n) is 13.7. The monoisotopic (exact) mass is 321 g/mol. The van der Waals surface area contributed by atoms with E-state index in [4.69, 9.17) is 14.2 Å². The third-order valence-electron chi connectivity index (χ3n) is 4.33. The van der Waals surface area contributed by atoms with Crippen molar-refractivity contribution in [1.82, 2.24) is 4.90 Å². The Hall–Kier alpha value is -0.300. The number of hydrogen-bond donors (Lipinski definition) is 0. The summed E-state index contributed by atoms with van der Waals surface area (Å²) in [7, 11) is 0. The molecule has 2 rings (SSSR count). The van der Waals surface area contributed by atoms with Gasteiger partial charge in [-0.2, -0.15) is 0 Å². The van der Waals surface area contributed by atoms with Crippen molar-refractivity contribution < 1.29 is 23.0 Å². The van der Waals surface area contributed by atoms with Crippen molar-refractivity contribution in [3.8, 4) is 0 Å². The molecule has 0 N–H and O–H groups in total. The number of alkyl halides is 2. The standard InChI is InChI=1S/C16H29F2NO3/c1-3-19-9-15(10-19)21-6-4-5-20-11-16(17,18)12-22-14-7-13(2)8-14/h13-15H,3-12H2,1-2H3. The van der Waals surface area contributed by atoms with Crippen molar-refractivity contribution in [3.63, 3.8) is 0 Å². The van der Waals surface area contributed by atoms with Gasteiger partial charge < -0.3 is 14.2 Å². The van der Waals surface area contributed by atoms with Gasteiger partial charge in [-0.25, -0.2) is 8.78 Å². The van der Waals surface area contributed by atoms with Gasteiger partial charge in [-0.15, -0.1) is 0 Å². The van der Waals surface area contributed by atoms with Gasteiger partial charge in [0.15, 0.2) is 0 Å². The highest BCUT2D eigenvalue weighted by Crippen LogP contribution is 2.30. The van der Waals surface area contributed by atoms with E-state index < -0.39 is 19.1 Å². The van der Waals surface area contributed by atoms with Crippen LogP contribution in [-0.4, -0.2) is 69.1 Å². The summed E-state index contributed by atoms with van der Waals surface area (Å²) in [5, 5.41) is 0. The van der Waals surface area contributed by atoms with Crippen molar-refractivity contribution in [2.45, 2.75) is 51.2 Å². The number of ether oxygens (including phenoxy) is 3. The van der Waals surface area contributed by atoms with Gasteiger partial charge in [-0.3, -0.25) is 4.90 Å². The van der Waals surface area contributed by atoms with Gasteiger partial charge in [0, 0.05) is 26.3 Å². The Kier molecular flexibility index (Phi) is 6.99.